The number of hydrogen-bond acceptors (Lipinski definition) is 5. The third-order valence-electron chi connectivity index (χ3n) is 4.86. The Hall–Kier alpha value is -3.09. The van der Waals surface area contributed by atoms with Crippen molar-refractivity contribution in [3.63, 3.8) is 0 Å². The Morgan fingerprint density at radius 1 is 1.07 bits per heavy atom. The second-order valence-corrected chi connectivity index (χ2v) is 6.69. The topological polar surface area (TPSA) is 89.6 Å². The van der Waals surface area contributed by atoms with Crippen LogP contribution in [-0.4, -0.2) is 36.6 Å². The molecule has 2 heterocycles. The van der Waals surface area contributed by atoms with Crippen molar-refractivity contribution in [1.29, 1.82) is 0 Å². The number of benzene rings is 1. The van der Waals surface area contributed by atoms with Gasteiger partial charge >= 0.3 is 0 Å². The van der Waals surface area contributed by atoms with Crippen LogP contribution < -0.4 is 20.1 Å². The summed E-state index contributed by atoms with van der Waals surface area (Å²) in [7, 11) is 0. The van der Waals surface area contributed by atoms with Crippen molar-refractivity contribution in [1.82, 2.24) is 10.3 Å². The summed E-state index contributed by atoms with van der Waals surface area (Å²) in [5.41, 5.74) is 0.923. The third kappa shape index (κ3) is 3.72. The van der Waals surface area contributed by atoms with Crippen LogP contribution in [0.25, 0.3) is 0 Å². The Morgan fingerprint density at radius 2 is 1.93 bits per heavy atom. The molecule has 1 aromatic heterocycles. The van der Waals surface area contributed by atoms with E-state index in [-0.39, 0.29) is 17.5 Å². The Balaban J connectivity index is 1.51. The Bertz CT molecular complexity index is 864. The Labute approximate surface area is 157 Å². The van der Waals surface area contributed by atoms with Gasteiger partial charge in [0.15, 0.2) is 17.2 Å². The fourth-order valence-corrected chi connectivity index (χ4v) is 3.15. The molecular weight excluding hydrogens is 346 g/mol. The molecule has 1 fully saturated rings. The highest BCUT2D eigenvalue weighted by Gasteiger charge is 2.23. The molecule has 0 atom stereocenters. The Kier molecular flexibility index (Phi) is 4.91. The highest BCUT2D eigenvalue weighted by Crippen LogP contribution is 2.34. The molecule has 2 aromatic rings. The maximum atomic E-state index is 12.8. The zero-order valence-corrected chi connectivity index (χ0v) is 14.9. The summed E-state index contributed by atoms with van der Waals surface area (Å²) in [6.45, 7) is 1.48. The maximum Gasteiger partial charge on any atom is 0.272 e. The normalized spacial score (nSPS) is 15.6. The molecule has 140 valence electrons. The van der Waals surface area contributed by atoms with Crippen LogP contribution in [0.2, 0.25) is 0 Å². The lowest BCUT2D eigenvalue weighted by atomic mass is 9.85. The summed E-state index contributed by atoms with van der Waals surface area (Å²) in [6, 6.07) is 8.50. The van der Waals surface area contributed by atoms with Crippen molar-refractivity contribution in [2.45, 2.75) is 19.3 Å². The van der Waals surface area contributed by atoms with Crippen LogP contribution >= 0.6 is 0 Å². The monoisotopic (exact) mass is 367 g/mol. The molecule has 0 radical (unpaired) electrons. The zero-order valence-electron chi connectivity index (χ0n) is 14.9. The van der Waals surface area contributed by atoms with Gasteiger partial charge in [0.1, 0.15) is 13.2 Å². The number of para-hydroxylation sites is 1. The van der Waals surface area contributed by atoms with Gasteiger partial charge in [0, 0.05) is 12.7 Å². The van der Waals surface area contributed by atoms with Crippen LogP contribution in [0.1, 0.15) is 40.1 Å². The van der Waals surface area contributed by atoms with E-state index in [1.54, 1.807) is 30.3 Å². The number of amides is 2. The number of rotatable bonds is 5. The molecule has 7 heteroatoms. The van der Waals surface area contributed by atoms with Crippen molar-refractivity contribution >= 4 is 17.5 Å². The first kappa shape index (κ1) is 17.3. The van der Waals surface area contributed by atoms with E-state index in [0.29, 0.717) is 48.4 Å². The van der Waals surface area contributed by atoms with Gasteiger partial charge in [-0.15, -0.1) is 0 Å². The van der Waals surface area contributed by atoms with Gasteiger partial charge < -0.3 is 20.1 Å². The van der Waals surface area contributed by atoms with Gasteiger partial charge in [-0.05, 0) is 43.0 Å². The molecule has 7 nitrogen and oxygen atoms in total. The highest BCUT2D eigenvalue weighted by molar-refractivity contribution is 6.09. The summed E-state index contributed by atoms with van der Waals surface area (Å²) in [5, 5.41) is 5.68. The van der Waals surface area contributed by atoms with Crippen LogP contribution in [0, 0.1) is 5.92 Å². The summed E-state index contributed by atoms with van der Waals surface area (Å²) in [5.74, 6) is 0.842. The first-order valence-electron chi connectivity index (χ1n) is 9.15. The summed E-state index contributed by atoms with van der Waals surface area (Å²) in [6.07, 6.45) is 5.05. The molecule has 0 unspecified atom stereocenters. The lowest BCUT2D eigenvalue weighted by Crippen LogP contribution is -2.33. The van der Waals surface area contributed by atoms with Crippen molar-refractivity contribution in [3.8, 4) is 11.5 Å². The summed E-state index contributed by atoms with van der Waals surface area (Å²) >= 11 is 0. The fourth-order valence-electron chi connectivity index (χ4n) is 3.15. The molecule has 1 saturated carbocycles. The van der Waals surface area contributed by atoms with Crippen LogP contribution in [0.3, 0.4) is 0 Å². The van der Waals surface area contributed by atoms with Gasteiger partial charge in [-0.3, -0.25) is 9.59 Å². The number of ether oxygens (including phenoxy) is 2. The molecule has 0 bridgehead atoms. The second-order valence-electron chi connectivity index (χ2n) is 6.69. The lowest BCUT2D eigenvalue weighted by molar-refractivity contribution is 0.0935. The first-order valence-corrected chi connectivity index (χ1v) is 9.15. The minimum atomic E-state index is -0.376. The molecule has 0 spiro atoms. The standard InChI is InChI=1S/C20H21N3O4/c24-19(14-6-2-8-16-18(14)27-11-10-26-16)23-15-7-3-9-21-17(15)20(25)22-12-13-4-1-5-13/h2-3,6-9,13H,1,4-5,10-12H2,(H,22,25)(H,23,24). The van der Waals surface area contributed by atoms with E-state index in [2.05, 4.69) is 15.6 Å². The average molecular weight is 367 g/mol. The molecule has 1 aromatic carbocycles. The van der Waals surface area contributed by atoms with Gasteiger partial charge in [-0.1, -0.05) is 12.5 Å². The third-order valence-corrected chi connectivity index (χ3v) is 4.86. The van der Waals surface area contributed by atoms with Crippen molar-refractivity contribution in [3.05, 3.63) is 47.8 Å². The van der Waals surface area contributed by atoms with E-state index >= 15 is 0 Å². The molecular formula is C20H21N3O4. The van der Waals surface area contributed by atoms with E-state index in [1.807, 2.05) is 0 Å². The number of carbonyl (C=O) groups excluding carboxylic acids is 2. The number of carbonyl (C=O) groups is 2. The van der Waals surface area contributed by atoms with Crippen molar-refractivity contribution in [2.24, 2.45) is 5.92 Å². The lowest BCUT2D eigenvalue weighted by Gasteiger charge is -2.25. The molecule has 2 aliphatic rings. The number of nitrogens with zero attached hydrogens (tertiary/aromatic N) is 1. The van der Waals surface area contributed by atoms with E-state index in [4.69, 9.17) is 9.47 Å². The van der Waals surface area contributed by atoms with Crippen LogP contribution in [0.5, 0.6) is 11.5 Å². The molecule has 0 saturated heterocycles. The fraction of sp³-hybridized carbons (Fsp3) is 0.350. The zero-order chi connectivity index (χ0) is 18.6. The smallest absolute Gasteiger partial charge is 0.272 e. The molecule has 1 aliphatic heterocycles. The Morgan fingerprint density at radius 3 is 2.74 bits per heavy atom. The largest absolute Gasteiger partial charge is 0.486 e. The predicted octanol–water partition coefficient (Wildman–Crippen LogP) is 2.64. The van der Waals surface area contributed by atoms with Gasteiger partial charge in [0.05, 0.1) is 11.3 Å². The molecule has 2 amide bonds. The van der Waals surface area contributed by atoms with E-state index in [1.165, 1.54) is 12.6 Å². The van der Waals surface area contributed by atoms with Gasteiger partial charge in [-0.25, -0.2) is 4.98 Å². The number of fused-ring (bicyclic) bond motifs is 1. The first-order chi connectivity index (χ1) is 13.2. The van der Waals surface area contributed by atoms with Crippen molar-refractivity contribution < 1.29 is 19.1 Å². The minimum absolute atomic E-state index is 0.201. The second kappa shape index (κ2) is 7.65. The van der Waals surface area contributed by atoms with Crippen LogP contribution in [0.15, 0.2) is 36.5 Å². The van der Waals surface area contributed by atoms with Crippen LogP contribution in [0.4, 0.5) is 5.69 Å². The van der Waals surface area contributed by atoms with E-state index in [9.17, 15) is 9.59 Å². The molecule has 27 heavy (non-hydrogen) atoms. The van der Waals surface area contributed by atoms with Gasteiger partial charge in [-0.2, -0.15) is 0 Å². The molecule has 4 rings (SSSR count). The number of pyridine rings is 1. The van der Waals surface area contributed by atoms with Crippen molar-refractivity contribution in [2.75, 3.05) is 25.1 Å². The number of hydrogen-bond donors (Lipinski definition) is 2. The SMILES string of the molecule is O=C(Nc1cccnc1C(=O)NCC1CCC1)c1cccc2c1OCCO2. The molecule has 2 N–H and O–H groups in total. The number of nitrogens with one attached hydrogen (secondary N) is 2. The van der Waals surface area contributed by atoms with E-state index < -0.39 is 0 Å². The highest BCUT2D eigenvalue weighted by atomic mass is 16.6. The molecule has 1 aliphatic carbocycles. The van der Waals surface area contributed by atoms with Crippen LogP contribution in [-0.2, 0) is 0 Å². The minimum Gasteiger partial charge on any atom is -0.486 e. The predicted molar refractivity (Wildman–Crippen MR) is 99.3 cm³/mol. The van der Waals surface area contributed by atoms with E-state index in [0.717, 1.165) is 12.8 Å². The average Bonchev–Trinajstić information content (AvgIpc) is 2.66. The summed E-state index contributed by atoms with van der Waals surface area (Å²) in [4.78, 5) is 29.4. The summed E-state index contributed by atoms with van der Waals surface area (Å²) < 4.78 is 11.1. The van der Waals surface area contributed by atoms with Gasteiger partial charge in [0.2, 0.25) is 0 Å². The maximum absolute atomic E-state index is 12.8. The number of anilines is 1. The van der Waals surface area contributed by atoms with Gasteiger partial charge in [0.25, 0.3) is 11.8 Å². The number of aromatic nitrogens is 1. The quantitative estimate of drug-likeness (QED) is 0.848.